The molecule has 1 unspecified atom stereocenters. The number of nitrogens with one attached hydrogen (secondary N) is 3. The maximum Gasteiger partial charge on any atom is 0.272 e. The summed E-state index contributed by atoms with van der Waals surface area (Å²) in [5.74, 6) is -0.677. The van der Waals surface area contributed by atoms with Gasteiger partial charge in [-0.15, -0.1) is 11.8 Å². The zero-order chi connectivity index (χ0) is 33.2. The van der Waals surface area contributed by atoms with Gasteiger partial charge in [0.15, 0.2) is 0 Å². The van der Waals surface area contributed by atoms with Crippen LogP contribution in [0.3, 0.4) is 0 Å². The summed E-state index contributed by atoms with van der Waals surface area (Å²) in [4.78, 5) is 52.8. The van der Waals surface area contributed by atoms with E-state index in [0.29, 0.717) is 34.9 Å². The topological polar surface area (TPSA) is 129 Å². The molecule has 4 aromatic carbocycles. The van der Waals surface area contributed by atoms with E-state index in [1.54, 1.807) is 85.8 Å². The fraction of sp³-hybridized carbons (Fsp3) is 0.139. The third-order valence-corrected chi connectivity index (χ3v) is 7.96. The number of para-hydroxylation sites is 2. The summed E-state index contributed by atoms with van der Waals surface area (Å²) in [5, 5.41) is 13.4. The first kappa shape index (κ1) is 32.7. The first-order chi connectivity index (χ1) is 22.8. The molecule has 238 valence electrons. The molecule has 0 aromatic heterocycles. The number of hydrogen-bond donors (Lipinski definition) is 3. The number of amides is 4. The Kier molecular flexibility index (Phi) is 10.8. The molecule has 47 heavy (non-hydrogen) atoms. The van der Waals surface area contributed by atoms with Crippen LogP contribution in [0.4, 0.5) is 11.4 Å². The molecule has 0 saturated carbocycles. The molecular formula is C36H33N5O5S. The zero-order valence-corrected chi connectivity index (χ0v) is 26.6. The van der Waals surface area contributed by atoms with Gasteiger partial charge in [0, 0.05) is 21.7 Å². The second kappa shape index (κ2) is 15.5. The highest BCUT2D eigenvalue weighted by atomic mass is 32.2. The molecule has 0 fully saturated rings. The summed E-state index contributed by atoms with van der Waals surface area (Å²) in [6, 6.07) is 31.9. The van der Waals surface area contributed by atoms with Crippen molar-refractivity contribution in [3.63, 3.8) is 0 Å². The predicted octanol–water partition coefficient (Wildman–Crippen LogP) is 5.84. The van der Waals surface area contributed by atoms with Crippen molar-refractivity contribution in [1.82, 2.24) is 10.6 Å². The van der Waals surface area contributed by atoms with Crippen LogP contribution in [0.25, 0.3) is 6.08 Å². The van der Waals surface area contributed by atoms with Gasteiger partial charge >= 0.3 is 0 Å². The molecule has 11 heteroatoms. The fourth-order valence-electron chi connectivity index (χ4n) is 4.60. The molecule has 1 heterocycles. The van der Waals surface area contributed by atoms with Crippen molar-refractivity contribution in [2.45, 2.75) is 30.4 Å². The number of rotatable bonds is 11. The van der Waals surface area contributed by atoms with Gasteiger partial charge in [0.25, 0.3) is 17.7 Å². The molecule has 10 nitrogen and oxygen atoms in total. The van der Waals surface area contributed by atoms with Gasteiger partial charge in [-0.3, -0.25) is 19.2 Å². The van der Waals surface area contributed by atoms with Crippen LogP contribution >= 0.6 is 11.8 Å². The van der Waals surface area contributed by atoms with Crippen molar-refractivity contribution in [3.8, 4) is 5.75 Å². The van der Waals surface area contributed by atoms with E-state index < -0.39 is 17.1 Å². The van der Waals surface area contributed by atoms with E-state index in [1.165, 1.54) is 16.8 Å². The molecule has 1 aliphatic rings. The lowest BCUT2D eigenvalue weighted by Crippen LogP contribution is -2.35. The highest BCUT2D eigenvalue weighted by Gasteiger charge is 2.27. The van der Waals surface area contributed by atoms with Crippen LogP contribution in [-0.4, -0.2) is 41.3 Å². The maximum atomic E-state index is 13.6. The molecule has 0 radical (unpaired) electrons. The van der Waals surface area contributed by atoms with Gasteiger partial charge in [-0.05, 0) is 68.5 Å². The van der Waals surface area contributed by atoms with E-state index in [-0.39, 0.29) is 29.8 Å². The summed E-state index contributed by atoms with van der Waals surface area (Å²) in [6.45, 7) is 4.04. The maximum absolute atomic E-state index is 13.6. The number of anilines is 2. The molecule has 0 spiro atoms. The molecular weight excluding hydrogens is 614 g/mol. The third kappa shape index (κ3) is 8.74. The summed E-state index contributed by atoms with van der Waals surface area (Å²) in [7, 11) is 0. The second-order valence-corrected chi connectivity index (χ2v) is 11.8. The van der Waals surface area contributed by atoms with Crippen LogP contribution in [0.5, 0.6) is 5.75 Å². The van der Waals surface area contributed by atoms with Crippen molar-refractivity contribution in [2.24, 2.45) is 5.10 Å². The average Bonchev–Trinajstić information content (AvgIpc) is 3.45. The number of thioether (sulfide) groups is 1. The molecule has 3 N–H and O–H groups in total. The lowest BCUT2D eigenvalue weighted by Gasteiger charge is -2.14. The Labute approximate surface area is 276 Å². The smallest absolute Gasteiger partial charge is 0.272 e. The standard InChI is InChI=1S/C36H33N5O5S/c1-3-46-31-20-11-10-15-26(31)21-30(38-35(44)25-13-6-4-7-14-25)36(45)37-27-16-12-19-29(22-27)47-24(2)34(43)39-32-23-33(42)41(40-32)28-17-8-5-9-18-28/h4-22,24H,3,23H2,1-2H3,(H,37,45)(H,38,44)(H,39,40,43)/b30-21+. The van der Waals surface area contributed by atoms with Crippen LogP contribution in [0.1, 0.15) is 36.2 Å². The highest BCUT2D eigenvalue weighted by molar-refractivity contribution is 8.00. The Morgan fingerprint density at radius 2 is 1.62 bits per heavy atom. The second-order valence-electron chi connectivity index (χ2n) is 10.3. The number of benzene rings is 4. The molecule has 1 atom stereocenters. The predicted molar refractivity (Wildman–Crippen MR) is 184 cm³/mol. The lowest BCUT2D eigenvalue weighted by molar-refractivity contribution is -0.119. The Hall–Kier alpha value is -5.68. The minimum absolute atomic E-state index is 0.00869. The molecule has 0 saturated heterocycles. The van der Waals surface area contributed by atoms with Crippen LogP contribution in [0, 0.1) is 0 Å². The Bertz CT molecular complexity index is 1830. The summed E-state index contributed by atoms with van der Waals surface area (Å²) in [6.07, 6.45) is 1.56. The number of hydrazone groups is 1. The van der Waals surface area contributed by atoms with Gasteiger partial charge in [-0.2, -0.15) is 10.1 Å². The van der Waals surface area contributed by atoms with Gasteiger partial charge < -0.3 is 20.7 Å². The van der Waals surface area contributed by atoms with E-state index in [0.717, 1.165) is 4.90 Å². The number of hydrogen-bond acceptors (Lipinski definition) is 7. The van der Waals surface area contributed by atoms with Crippen molar-refractivity contribution < 1.29 is 23.9 Å². The van der Waals surface area contributed by atoms with Gasteiger partial charge in [-0.1, -0.05) is 60.7 Å². The van der Waals surface area contributed by atoms with Gasteiger partial charge in [0.1, 0.15) is 17.3 Å². The molecule has 0 aliphatic carbocycles. The summed E-state index contributed by atoms with van der Waals surface area (Å²) < 4.78 is 5.72. The Morgan fingerprint density at radius 3 is 2.36 bits per heavy atom. The number of ether oxygens (including phenoxy) is 1. The van der Waals surface area contributed by atoms with Crippen molar-refractivity contribution >= 4 is 58.7 Å². The molecule has 0 bridgehead atoms. The van der Waals surface area contributed by atoms with E-state index in [4.69, 9.17) is 4.74 Å². The number of nitrogens with zero attached hydrogens (tertiary/aromatic N) is 2. The Morgan fingerprint density at radius 1 is 0.915 bits per heavy atom. The SMILES string of the molecule is CCOc1ccccc1/C=C(/NC(=O)c1ccccc1)C(=O)Nc1cccc(SC(C)C(=O)NC2=NN(c3ccccc3)C(=O)C2)c1. The first-order valence-electron chi connectivity index (χ1n) is 14.9. The molecule has 5 rings (SSSR count). The van der Waals surface area contributed by atoms with Crippen LogP contribution in [0.2, 0.25) is 0 Å². The van der Waals surface area contributed by atoms with Crippen LogP contribution in [-0.2, 0) is 14.4 Å². The summed E-state index contributed by atoms with van der Waals surface area (Å²) >= 11 is 1.28. The fourth-order valence-corrected chi connectivity index (χ4v) is 5.53. The minimum atomic E-state index is -0.541. The van der Waals surface area contributed by atoms with E-state index in [1.807, 2.05) is 43.3 Å². The van der Waals surface area contributed by atoms with E-state index >= 15 is 0 Å². The number of carbonyl (C=O) groups excluding carboxylic acids is 4. The third-order valence-electron chi connectivity index (χ3n) is 6.87. The lowest BCUT2D eigenvalue weighted by atomic mass is 10.1. The van der Waals surface area contributed by atoms with Gasteiger partial charge in [0.2, 0.25) is 5.91 Å². The molecule has 1 aliphatic heterocycles. The molecule has 4 aromatic rings. The van der Waals surface area contributed by atoms with Crippen LogP contribution < -0.4 is 25.7 Å². The van der Waals surface area contributed by atoms with Crippen molar-refractivity contribution in [2.75, 3.05) is 16.9 Å². The Balaban J connectivity index is 1.28. The molecule has 4 amide bonds. The average molecular weight is 648 g/mol. The quantitative estimate of drug-likeness (QED) is 0.139. The van der Waals surface area contributed by atoms with Crippen molar-refractivity contribution in [1.29, 1.82) is 0 Å². The number of amidine groups is 1. The normalized spacial score (nSPS) is 13.4. The monoisotopic (exact) mass is 647 g/mol. The van der Waals surface area contributed by atoms with Gasteiger partial charge in [-0.25, -0.2) is 0 Å². The first-order valence-corrected chi connectivity index (χ1v) is 15.8. The highest BCUT2D eigenvalue weighted by Crippen LogP contribution is 2.27. The number of carbonyl (C=O) groups is 4. The van der Waals surface area contributed by atoms with Crippen LogP contribution in [0.15, 0.2) is 125 Å². The van der Waals surface area contributed by atoms with Crippen molar-refractivity contribution in [3.05, 3.63) is 126 Å². The summed E-state index contributed by atoms with van der Waals surface area (Å²) in [5.41, 5.74) is 2.13. The van der Waals surface area contributed by atoms with E-state index in [2.05, 4.69) is 21.1 Å². The largest absolute Gasteiger partial charge is 0.493 e. The van der Waals surface area contributed by atoms with Gasteiger partial charge in [0.05, 0.1) is 24.0 Å². The van der Waals surface area contributed by atoms with E-state index in [9.17, 15) is 19.2 Å². The zero-order valence-electron chi connectivity index (χ0n) is 25.8. The minimum Gasteiger partial charge on any atom is -0.493 e.